The van der Waals surface area contributed by atoms with Crippen molar-refractivity contribution in [2.75, 3.05) is 25.1 Å². The first-order valence-corrected chi connectivity index (χ1v) is 7.94. The molecule has 4 nitrogen and oxygen atoms in total. The Morgan fingerprint density at radius 3 is 2.63 bits per heavy atom. The molecule has 110 valence electrons. The fraction of sp³-hybridized carbons (Fsp3) is 0.786. The molecule has 0 aromatic carbocycles. The molecule has 1 aromatic heterocycles. The molecule has 0 saturated carbocycles. The van der Waals surface area contributed by atoms with Crippen LogP contribution in [0.1, 0.15) is 44.7 Å². The summed E-state index contributed by atoms with van der Waals surface area (Å²) in [5.41, 5.74) is 1.07. The summed E-state index contributed by atoms with van der Waals surface area (Å²) < 4.78 is 5.26. The minimum atomic E-state index is 0.526. The highest BCUT2D eigenvalue weighted by Gasteiger charge is 2.18. The Balaban J connectivity index is 2.93. The standard InChI is InChI=1S/C14H27N3OS/c1-6-11(4)17(8-3)14-16-12(10-18-5)13(19-14)9-15-7-2/h11,15H,6-10H2,1-5H3. The zero-order valence-electron chi connectivity index (χ0n) is 12.8. The highest BCUT2D eigenvalue weighted by atomic mass is 32.1. The molecule has 0 bridgehead atoms. The molecule has 1 aromatic rings. The number of ether oxygens (including phenoxy) is 1. The zero-order chi connectivity index (χ0) is 14.3. The second-order valence-electron chi connectivity index (χ2n) is 4.62. The SMILES string of the molecule is CCNCc1sc(N(CC)C(C)CC)nc1COC. The number of rotatable bonds is 9. The topological polar surface area (TPSA) is 37.4 Å². The van der Waals surface area contributed by atoms with Crippen molar-refractivity contribution in [3.63, 3.8) is 0 Å². The predicted molar refractivity (Wildman–Crippen MR) is 83.0 cm³/mol. The van der Waals surface area contributed by atoms with Gasteiger partial charge in [0.15, 0.2) is 5.13 Å². The molecule has 1 N–H and O–H groups in total. The van der Waals surface area contributed by atoms with Crippen molar-refractivity contribution >= 4 is 16.5 Å². The van der Waals surface area contributed by atoms with E-state index in [1.807, 2.05) is 0 Å². The van der Waals surface area contributed by atoms with Crippen molar-refractivity contribution in [1.29, 1.82) is 0 Å². The minimum absolute atomic E-state index is 0.526. The first kappa shape index (κ1) is 16.4. The lowest BCUT2D eigenvalue weighted by Gasteiger charge is -2.26. The normalized spacial score (nSPS) is 12.7. The Morgan fingerprint density at radius 1 is 1.37 bits per heavy atom. The Kier molecular flexibility index (Phi) is 7.34. The summed E-state index contributed by atoms with van der Waals surface area (Å²) >= 11 is 1.79. The largest absolute Gasteiger partial charge is 0.378 e. The molecule has 0 aliphatic rings. The summed E-state index contributed by atoms with van der Waals surface area (Å²) in [5, 5.41) is 4.50. The van der Waals surface area contributed by atoms with E-state index >= 15 is 0 Å². The van der Waals surface area contributed by atoms with Crippen LogP contribution in [0.2, 0.25) is 0 Å². The number of methoxy groups -OCH3 is 1. The van der Waals surface area contributed by atoms with Crippen LogP contribution < -0.4 is 10.2 Å². The van der Waals surface area contributed by atoms with Gasteiger partial charge in [-0.2, -0.15) is 0 Å². The van der Waals surface area contributed by atoms with Crippen molar-refractivity contribution in [2.45, 2.75) is 53.3 Å². The first-order valence-electron chi connectivity index (χ1n) is 7.12. The summed E-state index contributed by atoms with van der Waals surface area (Å²) in [6.45, 7) is 12.2. The quantitative estimate of drug-likeness (QED) is 0.757. The van der Waals surface area contributed by atoms with E-state index in [1.165, 1.54) is 4.88 Å². The maximum Gasteiger partial charge on any atom is 0.186 e. The smallest absolute Gasteiger partial charge is 0.186 e. The molecule has 0 amide bonds. The van der Waals surface area contributed by atoms with Crippen LogP contribution in [0.25, 0.3) is 0 Å². The lowest BCUT2D eigenvalue weighted by Crippen LogP contribution is -2.32. The molecule has 1 atom stereocenters. The number of nitrogens with zero attached hydrogens (tertiary/aromatic N) is 2. The van der Waals surface area contributed by atoms with Gasteiger partial charge in [0.25, 0.3) is 0 Å². The average Bonchev–Trinajstić information content (AvgIpc) is 2.80. The lowest BCUT2D eigenvalue weighted by molar-refractivity contribution is 0.181. The highest BCUT2D eigenvalue weighted by Crippen LogP contribution is 2.28. The van der Waals surface area contributed by atoms with Crippen LogP contribution in [0.3, 0.4) is 0 Å². The fourth-order valence-corrected chi connectivity index (χ4v) is 3.17. The second kappa shape index (κ2) is 8.51. The van der Waals surface area contributed by atoms with Gasteiger partial charge >= 0.3 is 0 Å². The monoisotopic (exact) mass is 285 g/mol. The molecule has 0 aliphatic heterocycles. The van der Waals surface area contributed by atoms with Crippen molar-refractivity contribution in [3.8, 4) is 0 Å². The van der Waals surface area contributed by atoms with E-state index in [0.717, 1.165) is 36.9 Å². The maximum absolute atomic E-state index is 5.26. The molecule has 0 aliphatic carbocycles. The lowest BCUT2D eigenvalue weighted by atomic mass is 10.2. The molecule has 5 heteroatoms. The number of nitrogens with one attached hydrogen (secondary N) is 1. The van der Waals surface area contributed by atoms with Crippen molar-refractivity contribution in [3.05, 3.63) is 10.6 Å². The van der Waals surface area contributed by atoms with Crippen molar-refractivity contribution in [2.24, 2.45) is 0 Å². The van der Waals surface area contributed by atoms with Gasteiger partial charge in [0, 0.05) is 31.1 Å². The average molecular weight is 285 g/mol. The molecule has 0 saturated heterocycles. The van der Waals surface area contributed by atoms with Gasteiger partial charge in [0.1, 0.15) is 0 Å². The second-order valence-corrected chi connectivity index (χ2v) is 5.69. The molecular weight excluding hydrogens is 258 g/mol. The summed E-state index contributed by atoms with van der Waals surface area (Å²) in [4.78, 5) is 8.44. The van der Waals surface area contributed by atoms with Gasteiger partial charge < -0.3 is 15.0 Å². The Hall–Kier alpha value is -0.650. The van der Waals surface area contributed by atoms with Crippen LogP contribution in [0.4, 0.5) is 5.13 Å². The van der Waals surface area contributed by atoms with Crippen LogP contribution >= 0.6 is 11.3 Å². The third-order valence-electron chi connectivity index (χ3n) is 3.29. The number of hydrogen-bond acceptors (Lipinski definition) is 5. The third kappa shape index (κ3) is 4.44. The Labute approximate surface area is 121 Å². The van der Waals surface area contributed by atoms with E-state index in [2.05, 4.69) is 37.9 Å². The van der Waals surface area contributed by atoms with E-state index in [4.69, 9.17) is 9.72 Å². The zero-order valence-corrected chi connectivity index (χ0v) is 13.6. The Bertz CT molecular complexity index is 368. The van der Waals surface area contributed by atoms with Crippen molar-refractivity contribution in [1.82, 2.24) is 10.3 Å². The van der Waals surface area contributed by atoms with E-state index in [9.17, 15) is 0 Å². The van der Waals surface area contributed by atoms with E-state index in [0.29, 0.717) is 12.6 Å². The fourth-order valence-electron chi connectivity index (χ4n) is 1.97. The van der Waals surface area contributed by atoms with Gasteiger partial charge in [0.2, 0.25) is 0 Å². The summed E-state index contributed by atoms with van der Waals surface area (Å²) in [6, 6.07) is 0.526. The highest BCUT2D eigenvalue weighted by molar-refractivity contribution is 7.15. The molecule has 0 spiro atoms. The van der Waals surface area contributed by atoms with Crippen LogP contribution in [0, 0.1) is 0 Å². The Morgan fingerprint density at radius 2 is 2.11 bits per heavy atom. The minimum Gasteiger partial charge on any atom is -0.378 e. The number of anilines is 1. The molecule has 1 unspecified atom stereocenters. The van der Waals surface area contributed by atoms with Gasteiger partial charge in [-0.05, 0) is 26.8 Å². The molecule has 0 radical (unpaired) electrons. The molecule has 1 rings (SSSR count). The van der Waals surface area contributed by atoms with Gasteiger partial charge in [-0.1, -0.05) is 13.8 Å². The summed E-state index contributed by atoms with van der Waals surface area (Å²) in [5.74, 6) is 0. The molecule has 0 fully saturated rings. The van der Waals surface area contributed by atoms with Crippen LogP contribution in [-0.2, 0) is 17.9 Å². The van der Waals surface area contributed by atoms with Gasteiger partial charge in [-0.15, -0.1) is 11.3 Å². The number of aromatic nitrogens is 1. The third-order valence-corrected chi connectivity index (χ3v) is 4.43. The summed E-state index contributed by atoms with van der Waals surface area (Å²) in [7, 11) is 1.72. The van der Waals surface area contributed by atoms with Crippen molar-refractivity contribution < 1.29 is 4.74 Å². The van der Waals surface area contributed by atoms with E-state index in [1.54, 1.807) is 18.4 Å². The van der Waals surface area contributed by atoms with Gasteiger partial charge in [0.05, 0.1) is 12.3 Å². The first-order chi connectivity index (χ1) is 9.17. The maximum atomic E-state index is 5.26. The molecular formula is C14H27N3OS. The van der Waals surface area contributed by atoms with Crippen LogP contribution in [0.5, 0.6) is 0 Å². The number of hydrogen-bond donors (Lipinski definition) is 1. The number of thiazole rings is 1. The van der Waals surface area contributed by atoms with E-state index in [-0.39, 0.29) is 0 Å². The molecule has 19 heavy (non-hydrogen) atoms. The molecule has 1 heterocycles. The summed E-state index contributed by atoms with van der Waals surface area (Å²) in [6.07, 6.45) is 1.13. The predicted octanol–water partition coefficient (Wildman–Crippen LogP) is 3.02. The van der Waals surface area contributed by atoms with Gasteiger partial charge in [-0.3, -0.25) is 0 Å². The van der Waals surface area contributed by atoms with Crippen LogP contribution in [0.15, 0.2) is 0 Å². The van der Waals surface area contributed by atoms with Crippen LogP contribution in [-0.4, -0.2) is 31.2 Å². The van der Waals surface area contributed by atoms with Gasteiger partial charge in [-0.25, -0.2) is 4.98 Å². The van der Waals surface area contributed by atoms with E-state index < -0.39 is 0 Å².